The second-order valence-electron chi connectivity index (χ2n) is 4.57. The molecule has 0 radical (unpaired) electrons. The molecule has 2 heterocycles. The Morgan fingerprint density at radius 1 is 1.52 bits per heavy atom. The highest BCUT2D eigenvalue weighted by molar-refractivity contribution is 9.10. The fraction of sp³-hybridized carbons (Fsp3) is 0.615. The first kappa shape index (κ1) is 16.0. The molecule has 1 atom stereocenters. The van der Waals surface area contributed by atoms with E-state index in [1.807, 2.05) is 18.7 Å². The van der Waals surface area contributed by atoms with Crippen LogP contribution in [0.2, 0.25) is 0 Å². The van der Waals surface area contributed by atoms with Gasteiger partial charge in [0.1, 0.15) is 11.9 Å². The molecule has 0 bridgehead atoms. The number of carbonyl (C=O) groups excluding carboxylic acids is 1. The predicted octanol–water partition coefficient (Wildman–Crippen LogP) is 1.01. The Hall–Kier alpha value is -1.41. The van der Waals surface area contributed by atoms with Gasteiger partial charge in [0.2, 0.25) is 11.9 Å². The van der Waals surface area contributed by atoms with Crippen LogP contribution in [-0.2, 0) is 9.53 Å². The van der Waals surface area contributed by atoms with Crippen LogP contribution in [-0.4, -0.2) is 54.8 Å². The molecule has 21 heavy (non-hydrogen) atoms. The van der Waals surface area contributed by atoms with E-state index >= 15 is 0 Å². The van der Waals surface area contributed by atoms with E-state index in [-0.39, 0.29) is 11.9 Å². The summed E-state index contributed by atoms with van der Waals surface area (Å²) in [4.78, 5) is 22.9. The second kappa shape index (κ2) is 7.56. The maximum atomic E-state index is 12.2. The summed E-state index contributed by atoms with van der Waals surface area (Å²) in [7, 11) is 0. The first-order valence-corrected chi connectivity index (χ1v) is 7.85. The number of carbonyl (C=O) groups is 1. The molecule has 116 valence electrons. The molecule has 7 nitrogen and oxygen atoms in total. The summed E-state index contributed by atoms with van der Waals surface area (Å²) in [6, 6.07) is -0.376. The molecule has 0 saturated carbocycles. The highest BCUT2D eigenvalue weighted by Crippen LogP contribution is 2.27. The first-order valence-electron chi connectivity index (χ1n) is 7.05. The average Bonchev–Trinajstić information content (AvgIpc) is 2.50. The molecule has 0 aliphatic carbocycles. The summed E-state index contributed by atoms with van der Waals surface area (Å²) in [6.07, 6.45) is 1.70. The van der Waals surface area contributed by atoms with Gasteiger partial charge in [-0.3, -0.25) is 4.79 Å². The summed E-state index contributed by atoms with van der Waals surface area (Å²) in [6.45, 7) is 6.76. The number of morpholine rings is 1. The molecule has 0 aromatic carbocycles. The van der Waals surface area contributed by atoms with E-state index in [4.69, 9.17) is 4.74 Å². The van der Waals surface area contributed by atoms with Crippen molar-refractivity contribution >= 4 is 33.6 Å². The van der Waals surface area contributed by atoms with E-state index in [9.17, 15) is 4.79 Å². The average molecular weight is 358 g/mol. The number of nitrogens with zero attached hydrogens (tertiary/aromatic N) is 3. The van der Waals surface area contributed by atoms with Crippen molar-refractivity contribution in [2.24, 2.45) is 0 Å². The van der Waals surface area contributed by atoms with Gasteiger partial charge in [-0.25, -0.2) is 4.98 Å². The molecule has 1 aromatic rings. The van der Waals surface area contributed by atoms with E-state index in [1.165, 1.54) is 0 Å². The quantitative estimate of drug-likeness (QED) is 0.818. The van der Waals surface area contributed by atoms with Gasteiger partial charge in [-0.1, -0.05) is 0 Å². The van der Waals surface area contributed by atoms with Crippen LogP contribution in [0.3, 0.4) is 0 Å². The maximum Gasteiger partial charge on any atom is 0.245 e. The molecule has 1 aliphatic rings. The van der Waals surface area contributed by atoms with E-state index in [0.29, 0.717) is 38.1 Å². The fourth-order valence-corrected chi connectivity index (χ4v) is 2.59. The Morgan fingerprint density at radius 2 is 2.33 bits per heavy atom. The maximum absolute atomic E-state index is 12.2. The monoisotopic (exact) mass is 357 g/mol. The lowest BCUT2D eigenvalue weighted by Crippen LogP contribution is -2.54. The lowest BCUT2D eigenvalue weighted by atomic mass is 10.2. The van der Waals surface area contributed by atoms with Crippen molar-refractivity contribution in [2.75, 3.05) is 43.1 Å². The van der Waals surface area contributed by atoms with Crippen LogP contribution in [0.5, 0.6) is 0 Å². The van der Waals surface area contributed by atoms with Crippen molar-refractivity contribution in [1.29, 1.82) is 0 Å². The molecule has 1 amide bonds. The summed E-state index contributed by atoms with van der Waals surface area (Å²) < 4.78 is 6.21. The molecule has 1 fully saturated rings. The molecule has 2 N–H and O–H groups in total. The molecule has 2 rings (SSSR count). The minimum absolute atomic E-state index is 0.0484. The van der Waals surface area contributed by atoms with Crippen LogP contribution in [0.25, 0.3) is 0 Å². The third-order valence-electron chi connectivity index (χ3n) is 3.11. The van der Waals surface area contributed by atoms with E-state index in [0.717, 1.165) is 11.0 Å². The number of rotatable bonds is 5. The van der Waals surface area contributed by atoms with Gasteiger partial charge in [-0.15, -0.1) is 0 Å². The van der Waals surface area contributed by atoms with Crippen molar-refractivity contribution < 1.29 is 9.53 Å². The van der Waals surface area contributed by atoms with Crippen LogP contribution in [0.1, 0.15) is 13.8 Å². The Balaban J connectivity index is 2.28. The zero-order chi connectivity index (χ0) is 15.2. The third-order valence-corrected chi connectivity index (χ3v) is 3.67. The minimum Gasteiger partial charge on any atom is -0.377 e. The normalized spacial score (nSPS) is 18.4. The Labute approximate surface area is 132 Å². The number of ether oxygens (including phenoxy) is 1. The molecule has 1 saturated heterocycles. The van der Waals surface area contributed by atoms with Crippen LogP contribution in [0.4, 0.5) is 11.8 Å². The van der Waals surface area contributed by atoms with Gasteiger partial charge >= 0.3 is 0 Å². The molecule has 8 heteroatoms. The Bertz CT molecular complexity index is 499. The fourth-order valence-electron chi connectivity index (χ4n) is 2.17. The van der Waals surface area contributed by atoms with Crippen LogP contribution in [0, 0.1) is 0 Å². The van der Waals surface area contributed by atoms with Crippen molar-refractivity contribution in [1.82, 2.24) is 15.3 Å². The minimum atomic E-state index is -0.376. The molecule has 0 spiro atoms. The number of anilines is 2. The zero-order valence-corrected chi connectivity index (χ0v) is 13.8. The summed E-state index contributed by atoms with van der Waals surface area (Å²) in [5.41, 5.74) is 0. The topological polar surface area (TPSA) is 79.4 Å². The standard InChI is InChI=1S/C13H20BrN5O2/c1-3-15-12(20)10-8-21-6-5-19(10)11-9(14)7-17-13(18-11)16-4-2/h7,10H,3-6,8H2,1-2H3,(H,15,20)(H,16,17,18). The van der Waals surface area contributed by atoms with E-state index in [1.54, 1.807) is 6.20 Å². The van der Waals surface area contributed by atoms with Crippen molar-refractivity contribution in [3.63, 3.8) is 0 Å². The lowest BCUT2D eigenvalue weighted by molar-refractivity contribution is -0.124. The van der Waals surface area contributed by atoms with Crippen LogP contribution in [0.15, 0.2) is 10.7 Å². The second-order valence-corrected chi connectivity index (χ2v) is 5.43. The summed E-state index contributed by atoms with van der Waals surface area (Å²) in [5, 5.41) is 5.92. The summed E-state index contributed by atoms with van der Waals surface area (Å²) >= 11 is 3.47. The SMILES string of the molecule is CCNC(=O)C1COCCN1c1nc(NCC)ncc1Br. The van der Waals surface area contributed by atoms with Crippen molar-refractivity contribution in [3.05, 3.63) is 10.7 Å². The zero-order valence-electron chi connectivity index (χ0n) is 12.2. The van der Waals surface area contributed by atoms with Gasteiger partial charge in [0.25, 0.3) is 0 Å². The van der Waals surface area contributed by atoms with Crippen LogP contribution < -0.4 is 15.5 Å². The van der Waals surface area contributed by atoms with Gasteiger partial charge in [-0.05, 0) is 29.8 Å². The Morgan fingerprint density at radius 3 is 3.05 bits per heavy atom. The van der Waals surface area contributed by atoms with Crippen molar-refractivity contribution in [2.45, 2.75) is 19.9 Å². The van der Waals surface area contributed by atoms with Gasteiger partial charge in [0.05, 0.1) is 17.7 Å². The van der Waals surface area contributed by atoms with Gasteiger partial charge < -0.3 is 20.3 Å². The van der Waals surface area contributed by atoms with Crippen LogP contribution >= 0.6 is 15.9 Å². The van der Waals surface area contributed by atoms with Gasteiger partial charge in [-0.2, -0.15) is 4.98 Å². The van der Waals surface area contributed by atoms with Gasteiger partial charge in [0.15, 0.2) is 0 Å². The highest BCUT2D eigenvalue weighted by Gasteiger charge is 2.31. The van der Waals surface area contributed by atoms with Crippen molar-refractivity contribution in [3.8, 4) is 0 Å². The highest BCUT2D eigenvalue weighted by atomic mass is 79.9. The number of hydrogen-bond donors (Lipinski definition) is 2. The Kier molecular flexibility index (Phi) is 5.75. The lowest BCUT2D eigenvalue weighted by Gasteiger charge is -2.35. The number of nitrogens with one attached hydrogen (secondary N) is 2. The predicted molar refractivity (Wildman–Crippen MR) is 84.5 cm³/mol. The molecule has 1 aromatic heterocycles. The molecule has 1 unspecified atom stereocenters. The number of amides is 1. The number of hydrogen-bond acceptors (Lipinski definition) is 6. The van der Waals surface area contributed by atoms with E-state index < -0.39 is 0 Å². The first-order chi connectivity index (χ1) is 10.2. The smallest absolute Gasteiger partial charge is 0.245 e. The molecule has 1 aliphatic heterocycles. The largest absolute Gasteiger partial charge is 0.377 e. The molecular weight excluding hydrogens is 338 g/mol. The summed E-state index contributed by atoms with van der Waals surface area (Å²) in [5.74, 6) is 1.21. The number of likely N-dealkylation sites (N-methyl/N-ethyl adjacent to an activating group) is 1. The molecular formula is C13H20BrN5O2. The third kappa shape index (κ3) is 3.82. The number of halogens is 1. The number of aromatic nitrogens is 2. The van der Waals surface area contributed by atoms with Gasteiger partial charge in [0, 0.05) is 25.8 Å². The van der Waals surface area contributed by atoms with E-state index in [2.05, 4.69) is 36.5 Å².